The van der Waals surface area contributed by atoms with E-state index in [0.29, 0.717) is 13.0 Å². The highest BCUT2D eigenvalue weighted by molar-refractivity contribution is 5.95. The van der Waals surface area contributed by atoms with Gasteiger partial charge in [0, 0.05) is 19.2 Å². The number of carbonyl (C=O) groups is 1. The van der Waals surface area contributed by atoms with Crippen molar-refractivity contribution in [2.75, 3.05) is 5.32 Å². The number of H-pyrrole nitrogens is 1. The first kappa shape index (κ1) is 11.8. The third kappa shape index (κ3) is 2.32. The number of hydrogen-bond acceptors (Lipinski definition) is 4. The van der Waals surface area contributed by atoms with E-state index in [9.17, 15) is 9.18 Å². The molecule has 3 N–H and O–H groups in total. The number of fused-ring (bicyclic) bond motifs is 1. The van der Waals surface area contributed by atoms with E-state index in [1.807, 2.05) is 0 Å². The Hall–Kier alpha value is -2.28. The van der Waals surface area contributed by atoms with Gasteiger partial charge in [0.15, 0.2) is 5.82 Å². The predicted octanol–water partition coefficient (Wildman–Crippen LogP) is 0.597. The molecular formula is C12H12FN5O. The number of imidazole rings is 1. The summed E-state index contributed by atoms with van der Waals surface area (Å²) in [7, 11) is 0. The Bertz CT molecular complexity index is 612. The molecule has 2 aromatic heterocycles. The smallest absolute Gasteiger partial charge is 0.242 e. The van der Waals surface area contributed by atoms with Gasteiger partial charge in [-0.1, -0.05) is 0 Å². The molecule has 1 aliphatic heterocycles. The monoisotopic (exact) mass is 261 g/mol. The van der Waals surface area contributed by atoms with Gasteiger partial charge in [-0.25, -0.2) is 9.37 Å². The summed E-state index contributed by atoms with van der Waals surface area (Å²) in [6.45, 7) is 0.548. The molecule has 7 heteroatoms. The minimum absolute atomic E-state index is 0.134. The standard InChI is InChI=1S/C12H12FN5O/c13-7-4-14-2-1-8(7)18-12(19)10-3-9-11(5-15-10)17-6-16-9/h1-2,4,6,10,15H,3,5H2,(H,16,17)(H,14,18,19). The van der Waals surface area contributed by atoms with E-state index in [2.05, 4.69) is 25.6 Å². The zero-order chi connectivity index (χ0) is 13.2. The van der Waals surface area contributed by atoms with Gasteiger partial charge >= 0.3 is 0 Å². The highest BCUT2D eigenvalue weighted by atomic mass is 19.1. The topological polar surface area (TPSA) is 82.7 Å². The van der Waals surface area contributed by atoms with E-state index in [1.54, 1.807) is 6.33 Å². The van der Waals surface area contributed by atoms with Crippen LogP contribution in [0.3, 0.4) is 0 Å². The Morgan fingerprint density at radius 3 is 3.26 bits per heavy atom. The number of nitrogens with zero attached hydrogens (tertiary/aromatic N) is 2. The highest BCUT2D eigenvalue weighted by Crippen LogP contribution is 2.15. The van der Waals surface area contributed by atoms with Crippen LogP contribution >= 0.6 is 0 Å². The molecule has 0 radical (unpaired) electrons. The average Bonchev–Trinajstić information content (AvgIpc) is 2.88. The van der Waals surface area contributed by atoms with Crippen LogP contribution in [0, 0.1) is 5.82 Å². The van der Waals surface area contributed by atoms with Gasteiger partial charge in [-0.05, 0) is 6.07 Å². The quantitative estimate of drug-likeness (QED) is 0.739. The lowest BCUT2D eigenvalue weighted by molar-refractivity contribution is -0.118. The fourth-order valence-corrected chi connectivity index (χ4v) is 2.05. The van der Waals surface area contributed by atoms with E-state index >= 15 is 0 Å². The molecular weight excluding hydrogens is 249 g/mol. The van der Waals surface area contributed by atoms with Crippen molar-refractivity contribution < 1.29 is 9.18 Å². The fourth-order valence-electron chi connectivity index (χ4n) is 2.05. The first-order valence-corrected chi connectivity index (χ1v) is 5.89. The van der Waals surface area contributed by atoms with Crippen LogP contribution in [0.5, 0.6) is 0 Å². The Morgan fingerprint density at radius 2 is 2.42 bits per heavy atom. The summed E-state index contributed by atoms with van der Waals surface area (Å²) in [6, 6.07) is 1.01. The summed E-state index contributed by atoms with van der Waals surface area (Å²) in [5.74, 6) is -0.828. The molecule has 1 atom stereocenters. The third-order valence-corrected chi connectivity index (χ3v) is 3.08. The lowest BCUT2D eigenvalue weighted by atomic mass is 10.0. The van der Waals surface area contributed by atoms with Gasteiger partial charge in [-0.3, -0.25) is 15.1 Å². The van der Waals surface area contributed by atoms with E-state index < -0.39 is 11.9 Å². The second-order valence-electron chi connectivity index (χ2n) is 4.31. The molecule has 0 aromatic carbocycles. The molecule has 0 saturated heterocycles. The first-order chi connectivity index (χ1) is 9.24. The van der Waals surface area contributed by atoms with Gasteiger partial charge in [-0.2, -0.15) is 0 Å². The number of aromatic amines is 1. The van der Waals surface area contributed by atoms with Crippen LogP contribution in [0.15, 0.2) is 24.8 Å². The normalized spacial score (nSPS) is 17.8. The number of nitrogens with one attached hydrogen (secondary N) is 3. The summed E-state index contributed by atoms with van der Waals surface area (Å²) in [5.41, 5.74) is 1.99. The first-order valence-electron chi connectivity index (χ1n) is 5.89. The van der Waals surface area contributed by atoms with Gasteiger partial charge in [-0.15, -0.1) is 0 Å². The minimum Gasteiger partial charge on any atom is -0.347 e. The second kappa shape index (κ2) is 4.77. The van der Waals surface area contributed by atoms with Crippen molar-refractivity contribution in [2.24, 2.45) is 0 Å². The molecule has 0 saturated carbocycles. The molecule has 0 spiro atoms. The van der Waals surface area contributed by atoms with Gasteiger partial charge in [0.2, 0.25) is 5.91 Å². The molecule has 3 rings (SSSR count). The Labute approximate surface area is 108 Å². The molecule has 0 fully saturated rings. The Balaban J connectivity index is 1.71. The second-order valence-corrected chi connectivity index (χ2v) is 4.31. The predicted molar refractivity (Wildman–Crippen MR) is 65.7 cm³/mol. The summed E-state index contributed by atoms with van der Waals surface area (Å²) >= 11 is 0. The molecule has 3 heterocycles. The summed E-state index contributed by atoms with van der Waals surface area (Å²) in [4.78, 5) is 22.8. The molecule has 1 aliphatic rings. The van der Waals surface area contributed by atoms with Crippen molar-refractivity contribution >= 4 is 11.6 Å². The zero-order valence-electron chi connectivity index (χ0n) is 9.98. The Kier molecular flexibility index (Phi) is 2.96. The molecule has 1 unspecified atom stereocenters. The molecule has 0 bridgehead atoms. The number of rotatable bonds is 2. The van der Waals surface area contributed by atoms with Crippen LogP contribution in [-0.4, -0.2) is 26.9 Å². The van der Waals surface area contributed by atoms with E-state index in [1.165, 1.54) is 12.3 Å². The molecule has 0 aliphatic carbocycles. The maximum absolute atomic E-state index is 13.4. The lowest BCUT2D eigenvalue weighted by Crippen LogP contribution is -2.44. The van der Waals surface area contributed by atoms with Crippen LogP contribution in [-0.2, 0) is 17.8 Å². The fraction of sp³-hybridized carbons (Fsp3) is 0.250. The van der Waals surface area contributed by atoms with Gasteiger partial charge in [0.1, 0.15) is 0 Å². The van der Waals surface area contributed by atoms with Crippen molar-refractivity contribution in [1.29, 1.82) is 0 Å². The summed E-state index contributed by atoms with van der Waals surface area (Å²) in [6.07, 6.45) is 4.58. The highest BCUT2D eigenvalue weighted by Gasteiger charge is 2.26. The number of pyridine rings is 1. The van der Waals surface area contributed by atoms with E-state index in [0.717, 1.165) is 17.6 Å². The van der Waals surface area contributed by atoms with Crippen molar-refractivity contribution in [1.82, 2.24) is 20.3 Å². The number of amides is 1. The summed E-state index contributed by atoms with van der Waals surface area (Å²) in [5, 5.41) is 5.63. The molecule has 19 heavy (non-hydrogen) atoms. The maximum Gasteiger partial charge on any atom is 0.242 e. The number of halogens is 1. The summed E-state index contributed by atoms with van der Waals surface area (Å²) < 4.78 is 13.4. The number of carbonyl (C=O) groups excluding carboxylic acids is 1. The van der Waals surface area contributed by atoms with Crippen LogP contribution in [0.4, 0.5) is 10.1 Å². The van der Waals surface area contributed by atoms with Crippen molar-refractivity contribution in [3.63, 3.8) is 0 Å². The molecule has 2 aromatic rings. The van der Waals surface area contributed by atoms with Crippen LogP contribution in [0.2, 0.25) is 0 Å². The number of hydrogen-bond donors (Lipinski definition) is 3. The molecule has 98 valence electrons. The largest absolute Gasteiger partial charge is 0.347 e. The van der Waals surface area contributed by atoms with Gasteiger partial charge in [0.05, 0.1) is 35.6 Å². The van der Waals surface area contributed by atoms with Crippen molar-refractivity contribution in [2.45, 2.75) is 19.0 Å². The van der Waals surface area contributed by atoms with Gasteiger partial charge in [0.25, 0.3) is 0 Å². The van der Waals surface area contributed by atoms with Crippen molar-refractivity contribution in [3.8, 4) is 0 Å². The third-order valence-electron chi connectivity index (χ3n) is 3.08. The Morgan fingerprint density at radius 1 is 1.53 bits per heavy atom. The van der Waals surface area contributed by atoms with E-state index in [4.69, 9.17) is 0 Å². The zero-order valence-corrected chi connectivity index (χ0v) is 9.98. The number of aromatic nitrogens is 3. The van der Waals surface area contributed by atoms with Crippen LogP contribution in [0.1, 0.15) is 11.4 Å². The average molecular weight is 261 g/mol. The minimum atomic E-state index is -0.549. The number of anilines is 1. The lowest BCUT2D eigenvalue weighted by Gasteiger charge is -2.22. The van der Waals surface area contributed by atoms with Gasteiger partial charge < -0.3 is 10.3 Å². The molecule has 1 amide bonds. The van der Waals surface area contributed by atoms with E-state index in [-0.39, 0.29) is 11.6 Å². The van der Waals surface area contributed by atoms with Crippen LogP contribution in [0.25, 0.3) is 0 Å². The SMILES string of the molecule is O=C(Nc1ccncc1F)C1Cc2nc[nH]c2CN1. The maximum atomic E-state index is 13.4. The van der Waals surface area contributed by atoms with Crippen LogP contribution < -0.4 is 10.6 Å². The molecule has 6 nitrogen and oxygen atoms in total. The van der Waals surface area contributed by atoms with Crippen molar-refractivity contribution in [3.05, 3.63) is 42.0 Å².